The number of nitrogens with zero attached hydrogens (tertiary/aromatic N) is 1. The van der Waals surface area contributed by atoms with E-state index in [0.717, 1.165) is 28.6 Å². The number of carbonyl (C=O) groups excluding carboxylic acids is 2. The molecule has 1 amide bonds. The first kappa shape index (κ1) is 20.3. The summed E-state index contributed by atoms with van der Waals surface area (Å²) in [5, 5.41) is 0. The smallest absolute Gasteiger partial charge is 0.263 e. The Bertz CT molecular complexity index is 1090. The summed E-state index contributed by atoms with van der Waals surface area (Å²) in [6.07, 6.45) is 0.799. The van der Waals surface area contributed by atoms with Gasteiger partial charge in [0.15, 0.2) is 5.78 Å². The number of rotatable bonds is 4. The fourth-order valence-electron chi connectivity index (χ4n) is 3.63. The molecule has 30 heavy (non-hydrogen) atoms. The van der Waals surface area contributed by atoms with Gasteiger partial charge in [-0.3, -0.25) is 9.59 Å². The van der Waals surface area contributed by atoms with Crippen molar-refractivity contribution < 1.29 is 22.8 Å². The SMILES string of the molecule is O=C(c1cc(F)ccc1F)C1CCN(C(=O)c2ccc(-c3ccc(F)cc3)s2)CC1. The Kier molecular flexibility index (Phi) is 5.72. The van der Waals surface area contributed by atoms with E-state index in [4.69, 9.17) is 0 Å². The predicted octanol–water partition coefficient (Wildman–Crippen LogP) is 5.57. The van der Waals surface area contributed by atoms with Gasteiger partial charge in [-0.1, -0.05) is 12.1 Å². The lowest BCUT2D eigenvalue weighted by molar-refractivity contribution is 0.0653. The van der Waals surface area contributed by atoms with E-state index in [2.05, 4.69) is 0 Å². The van der Waals surface area contributed by atoms with Crippen LogP contribution in [-0.4, -0.2) is 29.7 Å². The number of likely N-dealkylation sites (tertiary alicyclic amines) is 1. The number of Topliss-reactive ketones (excluding diaryl/α,β-unsaturated/α-hetero) is 1. The molecule has 0 unspecified atom stereocenters. The maximum Gasteiger partial charge on any atom is 0.263 e. The van der Waals surface area contributed by atoms with Gasteiger partial charge in [-0.25, -0.2) is 13.2 Å². The van der Waals surface area contributed by atoms with Crippen molar-refractivity contribution in [2.75, 3.05) is 13.1 Å². The number of hydrogen-bond acceptors (Lipinski definition) is 3. The number of carbonyl (C=O) groups is 2. The zero-order valence-electron chi connectivity index (χ0n) is 15.9. The van der Waals surface area contributed by atoms with Crippen LogP contribution in [0.2, 0.25) is 0 Å². The molecule has 7 heteroatoms. The first-order valence-corrected chi connectivity index (χ1v) is 10.4. The molecule has 2 heterocycles. The Labute approximate surface area is 175 Å². The van der Waals surface area contributed by atoms with Gasteiger partial charge in [0.1, 0.15) is 17.5 Å². The van der Waals surface area contributed by atoms with Crippen LogP contribution in [-0.2, 0) is 0 Å². The highest BCUT2D eigenvalue weighted by Gasteiger charge is 2.30. The van der Waals surface area contributed by atoms with Crippen LogP contribution in [0.3, 0.4) is 0 Å². The fraction of sp³-hybridized carbons (Fsp3) is 0.217. The van der Waals surface area contributed by atoms with Crippen molar-refractivity contribution >= 4 is 23.0 Å². The minimum Gasteiger partial charge on any atom is -0.338 e. The molecule has 0 saturated carbocycles. The third-order valence-electron chi connectivity index (χ3n) is 5.29. The van der Waals surface area contributed by atoms with Crippen LogP contribution in [0, 0.1) is 23.4 Å². The molecule has 2 aromatic carbocycles. The summed E-state index contributed by atoms with van der Waals surface area (Å²) >= 11 is 1.33. The molecule has 0 spiro atoms. The van der Waals surface area contributed by atoms with Crippen LogP contribution in [0.4, 0.5) is 13.2 Å². The van der Waals surface area contributed by atoms with Gasteiger partial charge in [-0.15, -0.1) is 11.3 Å². The number of halogens is 3. The third kappa shape index (κ3) is 4.16. The van der Waals surface area contributed by atoms with E-state index in [-0.39, 0.29) is 17.3 Å². The number of ketones is 1. The first-order chi connectivity index (χ1) is 14.4. The Morgan fingerprint density at radius 2 is 1.53 bits per heavy atom. The number of amides is 1. The van der Waals surface area contributed by atoms with Crippen LogP contribution in [0.5, 0.6) is 0 Å². The second-order valence-corrected chi connectivity index (χ2v) is 8.31. The van der Waals surface area contributed by atoms with Crippen LogP contribution in [0.15, 0.2) is 54.6 Å². The zero-order chi connectivity index (χ0) is 21.3. The normalized spacial score (nSPS) is 14.7. The van der Waals surface area contributed by atoms with Crippen LogP contribution < -0.4 is 0 Å². The highest BCUT2D eigenvalue weighted by atomic mass is 32.1. The maximum absolute atomic E-state index is 13.9. The molecular formula is C23H18F3NO2S. The van der Waals surface area contributed by atoms with Gasteiger partial charge in [-0.2, -0.15) is 0 Å². The molecule has 4 rings (SSSR count). The van der Waals surface area contributed by atoms with Crippen molar-refractivity contribution in [3.63, 3.8) is 0 Å². The Morgan fingerprint density at radius 1 is 0.867 bits per heavy atom. The lowest BCUT2D eigenvalue weighted by Gasteiger charge is -2.31. The number of hydrogen-bond donors (Lipinski definition) is 0. The fourth-order valence-corrected chi connectivity index (χ4v) is 4.61. The van der Waals surface area contributed by atoms with E-state index in [1.807, 2.05) is 6.07 Å². The van der Waals surface area contributed by atoms with Gasteiger partial charge in [0.2, 0.25) is 0 Å². The van der Waals surface area contributed by atoms with Crippen molar-refractivity contribution in [2.24, 2.45) is 5.92 Å². The van der Waals surface area contributed by atoms with E-state index < -0.39 is 23.3 Å². The van der Waals surface area contributed by atoms with Gasteiger partial charge >= 0.3 is 0 Å². The van der Waals surface area contributed by atoms with Gasteiger partial charge in [0, 0.05) is 23.9 Å². The minimum absolute atomic E-state index is 0.129. The molecule has 0 radical (unpaired) electrons. The van der Waals surface area contributed by atoms with E-state index in [1.54, 1.807) is 23.1 Å². The van der Waals surface area contributed by atoms with Gasteiger partial charge in [0.25, 0.3) is 5.91 Å². The highest BCUT2D eigenvalue weighted by molar-refractivity contribution is 7.17. The second-order valence-electron chi connectivity index (χ2n) is 7.23. The van der Waals surface area contributed by atoms with Gasteiger partial charge < -0.3 is 4.90 Å². The molecule has 1 aliphatic heterocycles. The molecule has 1 fully saturated rings. The van der Waals surface area contributed by atoms with E-state index in [1.165, 1.54) is 23.5 Å². The van der Waals surface area contributed by atoms with Crippen molar-refractivity contribution in [3.05, 3.63) is 82.5 Å². The average Bonchev–Trinajstić information content (AvgIpc) is 3.25. The van der Waals surface area contributed by atoms with Crippen molar-refractivity contribution in [3.8, 4) is 10.4 Å². The van der Waals surface area contributed by atoms with Crippen molar-refractivity contribution in [2.45, 2.75) is 12.8 Å². The topological polar surface area (TPSA) is 37.4 Å². The molecule has 3 nitrogen and oxygen atoms in total. The standard InChI is InChI=1S/C23H18F3NO2S/c24-16-3-1-14(2-4-16)20-7-8-21(30-20)23(29)27-11-9-15(10-12-27)22(28)18-13-17(25)5-6-19(18)26/h1-8,13,15H,9-12H2. The number of thiophene rings is 1. The van der Waals surface area contributed by atoms with Gasteiger partial charge in [0.05, 0.1) is 10.4 Å². The summed E-state index contributed by atoms with van der Waals surface area (Å²) in [6.45, 7) is 0.742. The molecule has 1 aliphatic rings. The quantitative estimate of drug-likeness (QED) is 0.509. The monoisotopic (exact) mass is 429 g/mol. The zero-order valence-corrected chi connectivity index (χ0v) is 16.7. The molecular weight excluding hydrogens is 411 g/mol. The first-order valence-electron chi connectivity index (χ1n) is 9.56. The minimum atomic E-state index is -0.730. The summed E-state index contributed by atoms with van der Waals surface area (Å²) in [7, 11) is 0. The Hall–Kier alpha value is -2.93. The largest absolute Gasteiger partial charge is 0.338 e. The van der Waals surface area contributed by atoms with Gasteiger partial charge in [-0.05, 0) is 60.9 Å². The summed E-state index contributed by atoms with van der Waals surface area (Å²) in [5.74, 6) is -2.69. The molecule has 0 bridgehead atoms. The molecule has 154 valence electrons. The van der Waals surface area contributed by atoms with E-state index in [0.29, 0.717) is 30.8 Å². The molecule has 0 aliphatic carbocycles. The number of benzene rings is 2. The third-order valence-corrected chi connectivity index (χ3v) is 6.41. The van der Waals surface area contributed by atoms with E-state index >= 15 is 0 Å². The summed E-state index contributed by atoms with van der Waals surface area (Å²) in [4.78, 5) is 28.5. The average molecular weight is 429 g/mol. The molecule has 0 N–H and O–H groups in total. The molecule has 3 aromatic rings. The summed E-state index contributed by atoms with van der Waals surface area (Å²) < 4.78 is 40.4. The number of piperidine rings is 1. The molecule has 0 atom stereocenters. The van der Waals surface area contributed by atoms with Crippen LogP contribution in [0.1, 0.15) is 32.9 Å². The van der Waals surface area contributed by atoms with Crippen molar-refractivity contribution in [1.82, 2.24) is 4.90 Å². The Morgan fingerprint density at radius 3 is 2.23 bits per heavy atom. The predicted molar refractivity (Wildman–Crippen MR) is 109 cm³/mol. The van der Waals surface area contributed by atoms with Crippen molar-refractivity contribution in [1.29, 1.82) is 0 Å². The maximum atomic E-state index is 13.9. The molecule has 1 saturated heterocycles. The highest BCUT2D eigenvalue weighted by Crippen LogP contribution is 2.30. The summed E-state index contributed by atoms with van der Waals surface area (Å²) in [6, 6.07) is 12.5. The van der Waals surface area contributed by atoms with Crippen LogP contribution in [0.25, 0.3) is 10.4 Å². The van der Waals surface area contributed by atoms with Crippen LogP contribution >= 0.6 is 11.3 Å². The Balaban J connectivity index is 1.40. The second kappa shape index (κ2) is 8.44. The lowest BCUT2D eigenvalue weighted by Crippen LogP contribution is -2.40. The lowest BCUT2D eigenvalue weighted by atomic mass is 9.88. The van der Waals surface area contributed by atoms with E-state index in [9.17, 15) is 22.8 Å². The molecule has 1 aromatic heterocycles. The summed E-state index contributed by atoms with van der Waals surface area (Å²) in [5.41, 5.74) is 0.601.